The summed E-state index contributed by atoms with van der Waals surface area (Å²) >= 11 is 0. The molecule has 1 heteroatoms. The van der Waals surface area contributed by atoms with Gasteiger partial charge in [-0.2, -0.15) is 0 Å². The van der Waals surface area contributed by atoms with Gasteiger partial charge in [-0.15, -0.1) is 0 Å². The van der Waals surface area contributed by atoms with E-state index in [1.54, 1.807) is 0 Å². The molecule has 0 aliphatic carbocycles. The van der Waals surface area contributed by atoms with Crippen molar-refractivity contribution in [2.45, 2.75) is 65.9 Å². The third-order valence-electron chi connectivity index (χ3n) is 3.31. The first-order valence-electron chi connectivity index (χ1n) is 6.32. The van der Waals surface area contributed by atoms with Gasteiger partial charge < -0.3 is 5.11 Å². The number of hydrogen-bond donors (Lipinski definition) is 1. The van der Waals surface area contributed by atoms with Crippen LogP contribution in [-0.4, -0.2) is 5.11 Å². The van der Waals surface area contributed by atoms with Crippen LogP contribution < -0.4 is 0 Å². The lowest BCUT2D eigenvalue weighted by Gasteiger charge is -2.28. The zero-order valence-electron chi connectivity index (χ0n) is 12.3. The first-order valence-corrected chi connectivity index (χ1v) is 6.32. The second-order valence-electron chi connectivity index (χ2n) is 6.98. The van der Waals surface area contributed by atoms with Crippen molar-refractivity contribution in [1.29, 1.82) is 0 Å². The summed E-state index contributed by atoms with van der Waals surface area (Å²) in [5, 5.41) is 9.56. The van der Waals surface area contributed by atoms with Crippen molar-refractivity contribution >= 4 is 0 Å². The van der Waals surface area contributed by atoms with Gasteiger partial charge >= 0.3 is 0 Å². The molecule has 0 heterocycles. The molecule has 0 fully saturated rings. The van der Waals surface area contributed by atoms with Crippen molar-refractivity contribution in [2.75, 3.05) is 0 Å². The van der Waals surface area contributed by atoms with E-state index in [-0.39, 0.29) is 17.4 Å². The van der Waals surface area contributed by atoms with E-state index >= 15 is 0 Å². The average molecular weight is 234 g/mol. The third-order valence-corrected chi connectivity index (χ3v) is 3.31. The van der Waals surface area contributed by atoms with E-state index in [1.165, 1.54) is 16.7 Å². The zero-order valence-corrected chi connectivity index (χ0v) is 12.3. The maximum atomic E-state index is 9.56. The minimum atomic E-state index is 0.0735. The van der Waals surface area contributed by atoms with Gasteiger partial charge in [0.25, 0.3) is 0 Å². The Morgan fingerprint density at radius 1 is 0.941 bits per heavy atom. The molecule has 0 spiro atoms. The summed E-state index contributed by atoms with van der Waals surface area (Å²) in [6.07, 6.45) is 0. The molecule has 0 unspecified atom stereocenters. The van der Waals surface area contributed by atoms with Crippen molar-refractivity contribution < 1.29 is 5.11 Å². The summed E-state index contributed by atoms with van der Waals surface area (Å²) in [7, 11) is 0. The molecule has 0 amide bonds. The molecular weight excluding hydrogens is 208 g/mol. The lowest BCUT2D eigenvalue weighted by molar-refractivity contribution is 0.277. The van der Waals surface area contributed by atoms with Crippen LogP contribution >= 0.6 is 0 Å². The Bertz CT molecular complexity index is 403. The maximum Gasteiger partial charge on any atom is 0.0687 e. The number of hydrogen-bond acceptors (Lipinski definition) is 1. The standard InChI is InChI=1S/C16H26O/c1-11-8-12(15(2,3)4)9-14(13(11)10-17)16(5,6)7/h8-9,17H,10H2,1-7H3. The van der Waals surface area contributed by atoms with E-state index in [0.717, 1.165) is 5.56 Å². The fraction of sp³-hybridized carbons (Fsp3) is 0.625. The van der Waals surface area contributed by atoms with E-state index in [2.05, 4.69) is 60.6 Å². The van der Waals surface area contributed by atoms with E-state index in [9.17, 15) is 5.11 Å². The van der Waals surface area contributed by atoms with Crippen LogP contribution in [0.25, 0.3) is 0 Å². The summed E-state index contributed by atoms with van der Waals surface area (Å²) in [4.78, 5) is 0. The Morgan fingerprint density at radius 2 is 1.47 bits per heavy atom. The fourth-order valence-corrected chi connectivity index (χ4v) is 2.13. The molecule has 0 aliphatic rings. The molecule has 0 saturated carbocycles. The lowest BCUT2D eigenvalue weighted by Crippen LogP contribution is -2.19. The normalized spacial score (nSPS) is 12.9. The van der Waals surface area contributed by atoms with E-state index in [0.29, 0.717) is 0 Å². The smallest absolute Gasteiger partial charge is 0.0687 e. The number of aliphatic hydroxyl groups is 1. The van der Waals surface area contributed by atoms with Gasteiger partial charge in [-0.3, -0.25) is 0 Å². The van der Waals surface area contributed by atoms with Crippen LogP contribution in [0.15, 0.2) is 12.1 Å². The second kappa shape index (κ2) is 4.45. The Hall–Kier alpha value is -0.820. The molecule has 96 valence electrons. The minimum absolute atomic E-state index is 0.0735. The molecule has 0 saturated heterocycles. The summed E-state index contributed by atoms with van der Waals surface area (Å²) < 4.78 is 0. The number of aryl methyl sites for hydroxylation is 1. The zero-order chi connectivity index (χ0) is 13.4. The fourth-order valence-electron chi connectivity index (χ4n) is 2.13. The third kappa shape index (κ3) is 3.10. The molecule has 1 nitrogen and oxygen atoms in total. The molecule has 1 N–H and O–H groups in total. The first-order chi connectivity index (χ1) is 7.57. The van der Waals surface area contributed by atoms with Gasteiger partial charge in [0.15, 0.2) is 0 Å². The predicted octanol–water partition coefficient (Wildman–Crippen LogP) is 4.08. The lowest BCUT2D eigenvalue weighted by atomic mass is 9.77. The monoisotopic (exact) mass is 234 g/mol. The molecule has 1 rings (SSSR count). The van der Waals surface area contributed by atoms with Crippen molar-refractivity contribution in [2.24, 2.45) is 0 Å². The van der Waals surface area contributed by atoms with Crippen molar-refractivity contribution in [1.82, 2.24) is 0 Å². The number of aliphatic hydroxyl groups excluding tert-OH is 1. The van der Waals surface area contributed by atoms with Crippen LogP contribution in [0.2, 0.25) is 0 Å². The number of benzene rings is 1. The van der Waals surface area contributed by atoms with Gasteiger partial charge in [-0.05, 0) is 40.0 Å². The van der Waals surface area contributed by atoms with Gasteiger partial charge in [0.2, 0.25) is 0 Å². The molecular formula is C16H26O. The topological polar surface area (TPSA) is 20.2 Å². The van der Waals surface area contributed by atoms with Crippen LogP contribution in [0, 0.1) is 6.92 Å². The number of rotatable bonds is 1. The summed E-state index contributed by atoms with van der Waals surface area (Å²) in [6.45, 7) is 15.5. The maximum absolute atomic E-state index is 9.56. The molecule has 17 heavy (non-hydrogen) atoms. The molecule has 1 aromatic rings. The van der Waals surface area contributed by atoms with Crippen LogP contribution in [0.4, 0.5) is 0 Å². The summed E-state index contributed by atoms with van der Waals surface area (Å²) in [5.74, 6) is 0. The Balaban J connectivity index is 3.51. The van der Waals surface area contributed by atoms with Crippen LogP contribution in [0.3, 0.4) is 0 Å². The van der Waals surface area contributed by atoms with Crippen molar-refractivity contribution in [3.63, 3.8) is 0 Å². The molecule has 0 aromatic heterocycles. The van der Waals surface area contributed by atoms with E-state index < -0.39 is 0 Å². The molecule has 0 radical (unpaired) electrons. The molecule has 0 aliphatic heterocycles. The average Bonchev–Trinajstić information content (AvgIpc) is 2.13. The van der Waals surface area contributed by atoms with Crippen molar-refractivity contribution in [3.05, 3.63) is 34.4 Å². The second-order valence-corrected chi connectivity index (χ2v) is 6.98. The minimum Gasteiger partial charge on any atom is -0.392 e. The molecule has 0 atom stereocenters. The van der Waals surface area contributed by atoms with E-state index in [1.807, 2.05) is 0 Å². The van der Waals surface area contributed by atoms with Gasteiger partial charge in [0.05, 0.1) is 6.61 Å². The van der Waals surface area contributed by atoms with Gasteiger partial charge in [-0.1, -0.05) is 53.7 Å². The van der Waals surface area contributed by atoms with Crippen LogP contribution in [0.1, 0.15) is 63.8 Å². The summed E-state index contributed by atoms with van der Waals surface area (Å²) in [6, 6.07) is 4.47. The van der Waals surface area contributed by atoms with Crippen molar-refractivity contribution in [3.8, 4) is 0 Å². The highest BCUT2D eigenvalue weighted by atomic mass is 16.3. The largest absolute Gasteiger partial charge is 0.392 e. The Kier molecular flexibility index (Phi) is 3.73. The van der Waals surface area contributed by atoms with Gasteiger partial charge in [0.1, 0.15) is 0 Å². The summed E-state index contributed by atoms with van der Waals surface area (Å²) in [5.41, 5.74) is 5.13. The highest BCUT2D eigenvalue weighted by molar-refractivity contribution is 5.43. The quantitative estimate of drug-likeness (QED) is 0.776. The predicted molar refractivity (Wildman–Crippen MR) is 74.5 cm³/mol. The van der Waals surface area contributed by atoms with E-state index in [4.69, 9.17) is 0 Å². The SMILES string of the molecule is Cc1cc(C(C)(C)C)cc(C(C)(C)C)c1CO. The highest BCUT2D eigenvalue weighted by Crippen LogP contribution is 2.33. The first kappa shape index (κ1) is 14.2. The highest BCUT2D eigenvalue weighted by Gasteiger charge is 2.23. The Morgan fingerprint density at radius 3 is 1.82 bits per heavy atom. The molecule has 1 aromatic carbocycles. The Labute approximate surface area is 106 Å². The van der Waals surface area contributed by atoms with Crippen LogP contribution in [-0.2, 0) is 17.4 Å². The molecule has 0 bridgehead atoms. The van der Waals surface area contributed by atoms with Gasteiger partial charge in [-0.25, -0.2) is 0 Å². The van der Waals surface area contributed by atoms with Gasteiger partial charge in [0, 0.05) is 0 Å². The van der Waals surface area contributed by atoms with Crippen LogP contribution in [0.5, 0.6) is 0 Å².